The first-order valence-corrected chi connectivity index (χ1v) is 5.92. The second-order valence-corrected chi connectivity index (χ2v) is 5.97. The van der Waals surface area contributed by atoms with E-state index in [2.05, 4.69) is 20.8 Å². The molecule has 1 heterocycles. The maximum Gasteiger partial charge on any atom is 0.189 e. The first kappa shape index (κ1) is 11.2. The van der Waals surface area contributed by atoms with Crippen LogP contribution in [-0.2, 0) is 4.74 Å². The lowest BCUT2D eigenvalue weighted by atomic mass is 9.63. The average Bonchev–Trinajstić information content (AvgIpc) is 1.97. The maximum atomic E-state index is 10.6. The second kappa shape index (κ2) is 3.33. The zero-order chi connectivity index (χ0) is 11.3. The van der Waals surface area contributed by atoms with Gasteiger partial charge >= 0.3 is 0 Å². The van der Waals surface area contributed by atoms with E-state index in [1.807, 2.05) is 13.0 Å². The van der Waals surface area contributed by atoms with Crippen LogP contribution in [0.4, 0.5) is 0 Å². The van der Waals surface area contributed by atoms with Crippen LogP contribution in [0.5, 0.6) is 0 Å². The van der Waals surface area contributed by atoms with Gasteiger partial charge in [0.15, 0.2) is 5.79 Å². The van der Waals surface area contributed by atoms with E-state index < -0.39 is 5.79 Å². The molecule has 0 aromatic heterocycles. The summed E-state index contributed by atoms with van der Waals surface area (Å²) < 4.78 is 5.76. The van der Waals surface area contributed by atoms with Crippen molar-refractivity contribution in [2.45, 2.75) is 58.8 Å². The molecule has 2 nitrogen and oxygen atoms in total. The van der Waals surface area contributed by atoms with E-state index >= 15 is 0 Å². The van der Waals surface area contributed by atoms with Gasteiger partial charge in [-0.2, -0.15) is 0 Å². The molecule has 1 aliphatic carbocycles. The summed E-state index contributed by atoms with van der Waals surface area (Å²) >= 11 is 0. The van der Waals surface area contributed by atoms with E-state index in [0.29, 0.717) is 0 Å². The van der Waals surface area contributed by atoms with Crippen molar-refractivity contribution >= 4 is 0 Å². The van der Waals surface area contributed by atoms with Crippen molar-refractivity contribution in [1.29, 1.82) is 0 Å². The van der Waals surface area contributed by atoms with Gasteiger partial charge in [-0.15, -0.1) is 0 Å². The summed E-state index contributed by atoms with van der Waals surface area (Å²) in [5.41, 5.74) is 1.39. The number of ether oxygens (including phenoxy) is 1. The molecule has 1 saturated heterocycles. The van der Waals surface area contributed by atoms with Crippen LogP contribution >= 0.6 is 0 Å². The fraction of sp³-hybridized carbons (Fsp3) is 0.846. The largest absolute Gasteiger partial charge is 0.362 e. The van der Waals surface area contributed by atoms with E-state index in [1.54, 1.807) is 0 Å². The van der Waals surface area contributed by atoms with Gasteiger partial charge in [0.05, 0.1) is 6.10 Å². The van der Waals surface area contributed by atoms with Crippen molar-refractivity contribution in [3.63, 3.8) is 0 Å². The Morgan fingerprint density at radius 2 is 2.07 bits per heavy atom. The molecule has 0 aromatic rings. The summed E-state index contributed by atoms with van der Waals surface area (Å²) in [6.45, 7) is 8.59. The SMILES string of the molecule is CC1=CC2(O)OC(C)CCC2C(C)(C)C1. The van der Waals surface area contributed by atoms with Crippen LogP contribution in [-0.4, -0.2) is 17.0 Å². The fourth-order valence-corrected chi connectivity index (χ4v) is 3.40. The predicted octanol–water partition coefficient (Wildman–Crippen LogP) is 2.87. The predicted molar refractivity (Wildman–Crippen MR) is 60.4 cm³/mol. The fourth-order valence-electron chi connectivity index (χ4n) is 3.40. The molecular weight excluding hydrogens is 188 g/mol. The maximum absolute atomic E-state index is 10.6. The Bertz CT molecular complexity index is 293. The van der Waals surface area contributed by atoms with Crippen molar-refractivity contribution < 1.29 is 9.84 Å². The first-order valence-electron chi connectivity index (χ1n) is 5.92. The minimum Gasteiger partial charge on any atom is -0.362 e. The van der Waals surface area contributed by atoms with Gasteiger partial charge in [0, 0.05) is 5.92 Å². The Morgan fingerprint density at radius 1 is 1.40 bits per heavy atom. The van der Waals surface area contributed by atoms with Gasteiger partial charge in [-0.1, -0.05) is 19.4 Å². The average molecular weight is 210 g/mol. The molecule has 0 aromatic carbocycles. The van der Waals surface area contributed by atoms with Crippen molar-refractivity contribution in [3.8, 4) is 0 Å². The Morgan fingerprint density at radius 3 is 2.73 bits per heavy atom. The van der Waals surface area contributed by atoms with E-state index in [4.69, 9.17) is 4.74 Å². The van der Waals surface area contributed by atoms with Crippen molar-refractivity contribution in [2.24, 2.45) is 11.3 Å². The van der Waals surface area contributed by atoms with E-state index in [-0.39, 0.29) is 17.4 Å². The van der Waals surface area contributed by atoms with Gasteiger partial charge in [-0.05, 0) is 44.6 Å². The quantitative estimate of drug-likeness (QED) is 0.623. The topological polar surface area (TPSA) is 29.5 Å². The molecule has 86 valence electrons. The van der Waals surface area contributed by atoms with Crippen LogP contribution in [0, 0.1) is 11.3 Å². The number of hydrogen-bond donors (Lipinski definition) is 1. The normalized spacial score (nSPS) is 44.5. The molecule has 0 spiro atoms. The summed E-state index contributed by atoms with van der Waals surface area (Å²) in [5.74, 6) is -0.770. The van der Waals surface area contributed by atoms with Gasteiger partial charge in [-0.25, -0.2) is 0 Å². The summed E-state index contributed by atoms with van der Waals surface area (Å²) in [5, 5.41) is 10.6. The van der Waals surface area contributed by atoms with E-state index in [0.717, 1.165) is 19.3 Å². The first-order chi connectivity index (χ1) is 6.83. The number of hydrogen-bond acceptors (Lipinski definition) is 2. The Balaban J connectivity index is 2.35. The third-order valence-corrected chi connectivity index (χ3v) is 3.88. The standard InChI is InChI=1S/C13H22O2/c1-9-7-12(3,4)11-6-5-10(2)15-13(11,14)8-9/h8,10-11,14H,5-7H2,1-4H3. The van der Waals surface area contributed by atoms with Crippen LogP contribution < -0.4 is 0 Å². The molecule has 3 unspecified atom stereocenters. The minimum absolute atomic E-state index is 0.147. The molecule has 0 radical (unpaired) electrons. The lowest BCUT2D eigenvalue weighted by Gasteiger charge is -2.51. The summed E-state index contributed by atoms with van der Waals surface area (Å²) in [7, 11) is 0. The highest BCUT2D eigenvalue weighted by molar-refractivity contribution is 5.18. The second-order valence-electron chi connectivity index (χ2n) is 5.97. The molecule has 0 saturated carbocycles. The molecule has 2 rings (SSSR count). The molecule has 2 heteroatoms. The zero-order valence-corrected chi connectivity index (χ0v) is 10.2. The number of rotatable bonds is 0. The van der Waals surface area contributed by atoms with Crippen LogP contribution in [0.15, 0.2) is 11.6 Å². The number of allylic oxidation sites excluding steroid dienone is 1. The monoisotopic (exact) mass is 210 g/mol. The van der Waals surface area contributed by atoms with Crippen molar-refractivity contribution in [1.82, 2.24) is 0 Å². The lowest BCUT2D eigenvalue weighted by molar-refractivity contribution is -0.272. The summed E-state index contributed by atoms with van der Waals surface area (Å²) in [6.07, 6.45) is 5.29. The highest BCUT2D eigenvalue weighted by atomic mass is 16.6. The summed E-state index contributed by atoms with van der Waals surface area (Å²) in [6, 6.07) is 0. The molecule has 3 atom stereocenters. The molecule has 0 bridgehead atoms. The molecular formula is C13H22O2. The van der Waals surface area contributed by atoms with Crippen LogP contribution in [0.1, 0.15) is 47.0 Å². The Hall–Kier alpha value is -0.340. The van der Waals surface area contributed by atoms with Crippen LogP contribution in [0.25, 0.3) is 0 Å². The van der Waals surface area contributed by atoms with Crippen LogP contribution in [0.3, 0.4) is 0 Å². The van der Waals surface area contributed by atoms with E-state index in [9.17, 15) is 5.11 Å². The Kier molecular flexibility index (Phi) is 2.47. The number of fused-ring (bicyclic) bond motifs is 1. The Labute approximate surface area is 92.3 Å². The highest BCUT2D eigenvalue weighted by Crippen LogP contribution is 2.50. The number of aliphatic hydroxyl groups is 1. The molecule has 0 amide bonds. The highest BCUT2D eigenvalue weighted by Gasteiger charge is 2.50. The van der Waals surface area contributed by atoms with Gasteiger partial charge in [0.25, 0.3) is 0 Å². The molecule has 1 aliphatic heterocycles. The smallest absolute Gasteiger partial charge is 0.189 e. The van der Waals surface area contributed by atoms with Gasteiger partial charge in [0.1, 0.15) is 0 Å². The summed E-state index contributed by atoms with van der Waals surface area (Å²) in [4.78, 5) is 0. The third kappa shape index (κ3) is 1.85. The van der Waals surface area contributed by atoms with Crippen molar-refractivity contribution in [2.75, 3.05) is 0 Å². The van der Waals surface area contributed by atoms with Gasteiger partial charge < -0.3 is 9.84 Å². The molecule has 1 fully saturated rings. The zero-order valence-electron chi connectivity index (χ0n) is 10.2. The van der Waals surface area contributed by atoms with Gasteiger partial charge in [-0.3, -0.25) is 0 Å². The van der Waals surface area contributed by atoms with Gasteiger partial charge in [0.2, 0.25) is 0 Å². The van der Waals surface area contributed by atoms with Crippen molar-refractivity contribution in [3.05, 3.63) is 11.6 Å². The minimum atomic E-state index is -1.01. The third-order valence-electron chi connectivity index (χ3n) is 3.88. The van der Waals surface area contributed by atoms with Crippen LogP contribution in [0.2, 0.25) is 0 Å². The van der Waals surface area contributed by atoms with E-state index in [1.165, 1.54) is 5.57 Å². The lowest BCUT2D eigenvalue weighted by Crippen LogP contribution is -2.53. The molecule has 15 heavy (non-hydrogen) atoms. The molecule has 1 N–H and O–H groups in total. The molecule has 2 aliphatic rings.